The van der Waals surface area contributed by atoms with Crippen LogP contribution in [-0.4, -0.2) is 19.5 Å². The van der Waals surface area contributed by atoms with Crippen LogP contribution in [0.3, 0.4) is 0 Å². The van der Waals surface area contributed by atoms with Gasteiger partial charge in [-0.15, -0.1) is 0 Å². The number of hydrogen-bond acceptors (Lipinski definition) is 2. The molecule has 10 heavy (non-hydrogen) atoms. The predicted octanol–water partition coefficient (Wildman–Crippen LogP) is 0.990. The fourth-order valence-corrected chi connectivity index (χ4v) is 0. The Morgan fingerprint density at radius 1 is 1.60 bits per heavy atom. The summed E-state index contributed by atoms with van der Waals surface area (Å²) in [5, 5.41) is 2.39. The molecule has 0 aliphatic rings. The van der Waals surface area contributed by atoms with Crippen LogP contribution < -0.4 is 11.1 Å². The minimum atomic E-state index is 0. The van der Waals surface area contributed by atoms with Gasteiger partial charge in [0.25, 0.3) is 0 Å². The van der Waals surface area contributed by atoms with Crippen molar-refractivity contribution in [2.75, 3.05) is 13.6 Å². The van der Waals surface area contributed by atoms with Crippen molar-refractivity contribution in [3.05, 3.63) is 0 Å². The highest BCUT2D eigenvalue weighted by atomic mass is 16.1. The zero-order chi connectivity index (χ0) is 8.99. The van der Waals surface area contributed by atoms with Gasteiger partial charge in [-0.1, -0.05) is 20.8 Å². The summed E-state index contributed by atoms with van der Waals surface area (Å²) in [7, 11) is 1.60. The molecule has 0 unspecified atom stereocenters. The van der Waals surface area contributed by atoms with Crippen molar-refractivity contribution >= 4 is 5.91 Å². The molecular weight excluding hydrogens is 128 g/mol. The smallest absolute Gasteiger partial charge is 0.216 e. The molecule has 3 nitrogen and oxygen atoms in total. The van der Waals surface area contributed by atoms with E-state index in [0.29, 0.717) is 0 Å². The lowest BCUT2D eigenvalue weighted by Crippen LogP contribution is -2.11. The molecule has 0 saturated carbocycles. The quantitative estimate of drug-likeness (QED) is 0.541. The van der Waals surface area contributed by atoms with Crippen LogP contribution in [0.4, 0.5) is 0 Å². The van der Waals surface area contributed by atoms with Gasteiger partial charge < -0.3 is 11.1 Å². The molecule has 0 aromatic carbocycles. The Labute approximate surface area is 65.5 Å². The normalized spacial score (nSPS) is 5.80. The van der Waals surface area contributed by atoms with Crippen LogP contribution in [0, 0.1) is 0 Å². The molecule has 66 valence electrons. The van der Waals surface area contributed by atoms with Gasteiger partial charge in [0.2, 0.25) is 5.91 Å². The molecular formula is C7H22N2O. The van der Waals surface area contributed by atoms with Gasteiger partial charge in [0.1, 0.15) is 0 Å². The molecule has 0 aromatic rings. The second-order valence-electron chi connectivity index (χ2n) is 1.21. The van der Waals surface area contributed by atoms with Gasteiger partial charge in [0.15, 0.2) is 0 Å². The van der Waals surface area contributed by atoms with Crippen molar-refractivity contribution in [2.24, 2.45) is 5.73 Å². The van der Waals surface area contributed by atoms with Crippen LogP contribution >= 0.6 is 0 Å². The lowest BCUT2D eigenvalue weighted by Gasteiger charge is -1.80. The average molecular weight is 150 g/mol. The van der Waals surface area contributed by atoms with Crippen molar-refractivity contribution in [3.8, 4) is 0 Å². The zero-order valence-electron chi connectivity index (χ0n) is 7.69. The molecule has 0 fully saturated rings. The maximum absolute atomic E-state index is 9.70. The van der Waals surface area contributed by atoms with E-state index in [1.165, 1.54) is 6.92 Å². The SMILES string of the molecule is CC.CCN.CNC(C)=O.[HH]. The van der Waals surface area contributed by atoms with Crippen molar-refractivity contribution in [2.45, 2.75) is 27.7 Å². The molecule has 0 aliphatic heterocycles. The van der Waals surface area contributed by atoms with Crippen LogP contribution in [0.2, 0.25) is 0 Å². The first-order chi connectivity index (χ1) is 4.68. The Kier molecular flexibility index (Phi) is 38.4. The summed E-state index contributed by atoms with van der Waals surface area (Å²) in [5.41, 5.74) is 4.85. The maximum atomic E-state index is 9.70. The third kappa shape index (κ3) is 150. The van der Waals surface area contributed by atoms with Gasteiger partial charge in [-0.05, 0) is 6.54 Å². The van der Waals surface area contributed by atoms with Gasteiger partial charge in [-0.3, -0.25) is 4.79 Å². The molecule has 0 heterocycles. The topological polar surface area (TPSA) is 55.1 Å². The van der Waals surface area contributed by atoms with Crippen molar-refractivity contribution < 1.29 is 6.22 Å². The first kappa shape index (κ1) is 16.2. The van der Waals surface area contributed by atoms with Crippen LogP contribution in [0.15, 0.2) is 0 Å². The van der Waals surface area contributed by atoms with Gasteiger partial charge in [-0.2, -0.15) is 0 Å². The Hall–Kier alpha value is -0.570. The van der Waals surface area contributed by atoms with E-state index in [1.54, 1.807) is 7.05 Å². The van der Waals surface area contributed by atoms with Crippen molar-refractivity contribution in [1.29, 1.82) is 0 Å². The Balaban J connectivity index is -0.0000000360. The summed E-state index contributed by atoms with van der Waals surface area (Å²) in [6.45, 7) is 8.12. The number of carbonyl (C=O) groups is 1. The summed E-state index contributed by atoms with van der Waals surface area (Å²) in [6.07, 6.45) is 0. The van der Waals surface area contributed by atoms with Crippen LogP contribution in [0.1, 0.15) is 29.1 Å². The molecule has 1 amide bonds. The zero-order valence-corrected chi connectivity index (χ0v) is 7.69. The number of nitrogens with two attached hydrogens (primary N) is 1. The van der Waals surface area contributed by atoms with E-state index in [-0.39, 0.29) is 7.33 Å². The monoisotopic (exact) mass is 150 g/mol. The Morgan fingerprint density at radius 3 is 1.70 bits per heavy atom. The van der Waals surface area contributed by atoms with E-state index in [0.717, 1.165) is 6.54 Å². The van der Waals surface area contributed by atoms with Crippen LogP contribution in [0.5, 0.6) is 0 Å². The molecule has 0 spiro atoms. The second kappa shape index (κ2) is 23.7. The lowest BCUT2D eigenvalue weighted by molar-refractivity contribution is -0.118. The van der Waals surface area contributed by atoms with Crippen molar-refractivity contribution in [1.82, 2.24) is 5.32 Å². The van der Waals surface area contributed by atoms with E-state index in [9.17, 15) is 4.79 Å². The first-order valence-corrected chi connectivity index (χ1v) is 3.57. The van der Waals surface area contributed by atoms with E-state index < -0.39 is 0 Å². The molecule has 0 aromatic heterocycles. The van der Waals surface area contributed by atoms with E-state index >= 15 is 0 Å². The molecule has 3 N–H and O–H groups in total. The molecule has 3 heteroatoms. The second-order valence-corrected chi connectivity index (χ2v) is 1.21. The predicted molar refractivity (Wildman–Crippen MR) is 47.9 cm³/mol. The third-order valence-corrected chi connectivity index (χ3v) is 0.352. The molecule has 0 rings (SSSR count). The number of amides is 1. The van der Waals surface area contributed by atoms with E-state index in [1.807, 2.05) is 20.8 Å². The van der Waals surface area contributed by atoms with E-state index in [4.69, 9.17) is 5.73 Å². The first-order valence-electron chi connectivity index (χ1n) is 3.57. The summed E-state index contributed by atoms with van der Waals surface area (Å²) < 4.78 is 0. The summed E-state index contributed by atoms with van der Waals surface area (Å²) in [6, 6.07) is 0. The highest BCUT2D eigenvalue weighted by Gasteiger charge is 1.72. The molecule has 0 atom stereocenters. The van der Waals surface area contributed by atoms with Gasteiger partial charge >= 0.3 is 0 Å². The largest absolute Gasteiger partial charge is 0.359 e. The fourth-order valence-electron chi connectivity index (χ4n) is 0. The number of nitrogens with one attached hydrogen (secondary N) is 1. The summed E-state index contributed by atoms with van der Waals surface area (Å²) >= 11 is 0. The summed E-state index contributed by atoms with van der Waals surface area (Å²) in [5.74, 6) is 0.00463. The van der Waals surface area contributed by atoms with E-state index in [2.05, 4.69) is 5.32 Å². The van der Waals surface area contributed by atoms with Crippen LogP contribution in [0.25, 0.3) is 0 Å². The number of carbonyl (C=O) groups excluding carboxylic acids is 1. The minimum absolute atomic E-state index is 0. The molecule has 0 bridgehead atoms. The van der Waals surface area contributed by atoms with Gasteiger partial charge in [0.05, 0.1) is 0 Å². The maximum Gasteiger partial charge on any atom is 0.216 e. The number of hydrogen-bond donors (Lipinski definition) is 2. The van der Waals surface area contributed by atoms with Crippen molar-refractivity contribution in [3.63, 3.8) is 0 Å². The molecule has 0 saturated heterocycles. The minimum Gasteiger partial charge on any atom is -0.359 e. The average Bonchev–Trinajstić information content (AvgIpc) is 1.94. The molecule has 0 aliphatic carbocycles. The summed E-state index contributed by atoms with van der Waals surface area (Å²) in [4.78, 5) is 9.70. The lowest BCUT2D eigenvalue weighted by atomic mass is 10.7. The standard InChI is InChI=1S/C3H7NO.C2H7N.C2H6.H2/c1-3(5)4-2;1-2-3;1-2;/h1-2H3,(H,4,5);2-3H2,1H3;1-2H3;1H. The highest BCUT2D eigenvalue weighted by molar-refractivity contribution is 5.72. The van der Waals surface area contributed by atoms with Crippen LogP contribution in [-0.2, 0) is 4.79 Å². The molecule has 0 radical (unpaired) electrons. The van der Waals surface area contributed by atoms with Gasteiger partial charge in [-0.25, -0.2) is 0 Å². The number of rotatable bonds is 0. The third-order valence-electron chi connectivity index (χ3n) is 0.352. The fraction of sp³-hybridized carbons (Fsp3) is 0.857. The highest BCUT2D eigenvalue weighted by Crippen LogP contribution is 1.45. The van der Waals surface area contributed by atoms with Gasteiger partial charge in [0, 0.05) is 15.4 Å². The Morgan fingerprint density at radius 2 is 1.70 bits per heavy atom. The Bertz CT molecular complexity index is 60.4.